The van der Waals surface area contributed by atoms with Crippen LogP contribution in [0.15, 0.2) is 93.2 Å². The minimum atomic E-state index is -0.591. The van der Waals surface area contributed by atoms with Gasteiger partial charge < -0.3 is 4.74 Å². The highest BCUT2D eigenvalue weighted by atomic mass is 35.5. The molecule has 0 saturated heterocycles. The maximum Gasteiger partial charge on any atom is 0.338 e. The highest BCUT2D eigenvalue weighted by Gasteiger charge is 2.34. The van der Waals surface area contributed by atoms with Crippen LogP contribution in [0.25, 0.3) is 6.08 Å². The van der Waals surface area contributed by atoms with Crippen LogP contribution in [0.5, 0.6) is 0 Å². The van der Waals surface area contributed by atoms with Crippen LogP contribution in [0.2, 0.25) is 5.02 Å². The van der Waals surface area contributed by atoms with Gasteiger partial charge in [0.15, 0.2) is 4.80 Å². The molecule has 1 aliphatic heterocycles. The molecule has 3 heterocycles. The lowest BCUT2D eigenvalue weighted by atomic mass is 10.0. The summed E-state index contributed by atoms with van der Waals surface area (Å²) < 4.78 is 7.79. The van der Waals surface area contributed by atoms with E-state index >= 15 is 0 Å². The number of hydrogen-bond acceptors (Lipinski definition) is 6. The molecule has 0 saturated carbocycles. The van der Waals surface area contributed by atoms with Gasteiger partial charge in [-0.25, -0.2) is 9.79 Å². The summed E-state index contributed by atoms with van der Waals surface area (Å²) in [6.45, 7) is 1.94. The molecule has 0 aliphatic carbocycles. The largest absolute Gasteiger partial charge is 0.457 e. The Morgan fingerprint density at radius 2 is 1.88 bits per heavy atom. The standard InChI is InChI=1S/C26H19ClN2O3S2/c1-16-22(25(31)32-15-18-6-3-2-4-7-18)23(20-8-5-13-33-20)29-24(30)21(34-26(29)28-16)14-17-9-11-19(27)12-10-17/h2-14,23H,15H2,1H3/b21-14+/t23-/m0/s1. The molecule has 5 nitrogen and oxygen atoms in total. The number of rotatable bonds is 5. The molecule has 0 fully saturated rings. The molecule has 2 aromatic carbocycles. The summed E-state index contributed by atoms with van der Waals surface area (Å²) in [7, 11) is 0. The highest BCUT2D eigenvalue weighted by Crippen LogP contribution is 2.33. The van der Waals surface area contributed by atoms with Gasteiger partial charge in [0.2, 0.25) is 0 Å². The van der Waals surface area contributed by atoms with Crippen LogP contribution in [0, 0.1) is 0 Å². The first-order chi connectivity index (χ1) is 16.5. The lowest BCUT2D eigenvalue weighted by molar-refractivity contribution is -0.140. The number of esters is 1. The van der Waals surface area contributed by atoms with Gasteiger partial charge in [0, 0.05) is 9.90 Å². The van der Waals surface area contributed by atoms with Gasteiger partial charge >= 0.3 is 5.97 Å². The first kappa shape index (κ1) is 22.5. The Morgan fingerprint density at radius 3 is 2.59 bits per heavy atom. The van der Waals surface area contributed by atoms with Gasteiger partial charge in [-0.3, -0.25) is 9.36 Å². The predicted molar refractivity (Wildman–Crippen MR) is 136 cm³/mol. The number of allylic oxidation sites excluding steroid dienone is 1. The maximum atomic E-state index is 13.5. The molecular formula is C26H19ClN2O3S2. The van der Waals surface area contributed by atoms with Crippen LogP contribution in [-0.4, -0.2) is 10.5 Å². The third-order valence-corrected chi connectivity index (χ3v) is 7.59. The van der Waals surface area contributed by atoms with Crippen molar-refractivity contribution in [3.63, 3.8) is 0 Å². The van der Waals surface area contributed by atoms with Crippen molar-refractivity contribution in [2.45, 2.75) is 19.6 Å². The number of benzene rings is 2. The van der Waals surface area contributed by atoms with E-state index in [-0.39, 0.29) is 12.2 Å². The second-order valence-corrected chi connectivity index (χ2v) is 10.1. The first-order valence-corrected chi connectivity index (χ1v) is 12.6. The highest BCUT2D eigenvalue weighted by molar-refractivity contribution is 7.10. The second kappa shape index (κ2) is 9.54. The quantitative estimate of drug-likeness (QED) is 0.369. The fraction of sp³-hybridized carbons (Fsp3) is 0.115. The minimum Gasteiger partial charge on any atom is -0.457 e. The van der Waals surface area contributed by atoms with E-state index < -0.39 is 12.0 Å². The molecule has 4 aromatic rings. The third kappa shape index (κ3) is 4.42. The molecule has 0 spiro atoms. The van der Waals surface area contributed by atoms with E-state index in [0.29, 0.717) is 25.6 Å². The normalized spacial score (nSPS) is 15.7. The Hall–Kier alpha value is -3.26. The molecule has 1 aliphatic rings. The summed E-state index contributed by atoms with van der Waals surface area (Å²) in [6, 6.07) is 20.0. The topological polar surface area (TPSA) is 60.7 Å². The van der Waals surface area contributed by atoms with Crippen molar-refractivity contribution in [2.24, 2.45) is 4.99 Å². The monoisotopic (exact) mass is 506 g/mol. The fourth-order valence-electron chi connectivity index (χ4n) is 3.81. The molecule has 0 bridgehead atoms. The molecule has 1 atom stereocenters. The van der Waals surface area contributed by atoms with Gasteiger partial charge in [-0.05, 0) is 47.7 Å². The summed E-state index contributed by atoms with van der Waals surface area (Å²) in [5.74, 6) is -0.476. The fourth-order valence-corrected chi connectivity index (χ4v) is 5.81. The SMILES string of the molecule is CC1=C(C(=O)OCc2ccccc2)[C@H](c2cccs2)n2c(s/c(=C/c3ccc(Cl)cc3)c2=O)=N1. The van der Waals surface area contributed by atoms with Crippen molar-refractivity contribution in [2.75, 3.05) is 0 Å². The van der Waals surface area contributed by atoms with Crippen molar-refractivity contribution in [1.82, 2.24) is 4.57 Å². The summed E-state index contributed by atoms with van der Waals surface area (Å²) in [5, 5.41) is 2.56. The summed E-state index contributed by atoms with van der Waals surface area (Å²) in [5.41, 5.74) is 2.49. The predicted octanol–water partition coefficient (Wildman–Crippen LogP) is 4.69. The number of thiophene rings is 1. The smallest absolute Gasteiger partial charge is 0.338 e. The molecule has 170 valence electrons. The van der Waals surface area contributed by atoms with E-state index in [1.54, 1.807) is 23.6 Å². The number of thiazole rings is 1. The number of aromatic nitrogens is 1. The zero-order valence-corrected chi connectivity index (χ0v) is 20.5. The van der Waals surface area contributed by atoms with Crippen LogP contribution in [0.1, 0.15) is 29.0 Å². The van der Waals surface area contributed by atoms with Gasteiger partial charge in [0.05, 0.1) is 15.8 Å². The third-order valence-electron chi connectivity index (χ3n) is 5.43. The Bertz CT molecular complexity index is 1550. The molecule has 5 rings (SSSR count). The molecule has 8 heteroatoms. The van der Waals surface area contributed by atoms with E-state index in [0.717, 1.165) is 16.0 Å². The Morgan fingerprint density at radius 1 is 1.12 bits per heavy atom. The lowest BCUT2D eigenvalue weighted by Crippen LogP contribution is -2.39. The van der Waals surface area contributed by atoms with Gasteiger partial charge in [0.25, 0.3) is 5.56 Å². The van der Waals surface area contributed by atoms with Crippen LogP contribution < -0.4 is 14.9 Å². The summed E-state index contributed by atoms with van der Waals surface area (Å²) in [4.78, 5) is 32.9. The van der Waals surface area contributed by atoms with Crippen molar-refractivity contribution < 1.29 is 9.53 Å². The Kier molecular flexibility index (Phi) is 6.32. The van der Waals surface area contributed by atoms with Crippen molar-refractivity contribution >= 4 is 46.3 Å². The molecular weight excluding hydrogens is 488 g/mol. The van der Waals surface area contributed by atoms with Crippen LogP contribution >= 0.6 is 34.3 Å². The molecule has 34 heavy (non-hydrogen) atoms. The number of fused-ring (bicyclic) bond motifs is 1. The van der Waals surface area contributed by atoms with Crippen molar-refractivity contribution in [1.29, 1.82) is 0 Å². The van der Waals surface area contributed by atoms with Crippen LogP contribution in [-0.2, 0) is 16.1 Å². The van der Waals surface area contributed by atoms with Crippen LogP contribution in [0.3, 0.4) is 0 Å². The van der Waals surface area contributed by atoms with E-state index in [9.17, 15) is 9.59 Å². The Balaban J connectivity index is 1.58. The lowest BCUT2D eigenvalue weighted by Gasteiger charge is -2.23. The number of carbonyl (C=O) groups excluding carboxylic acids is 1. The van der Waals surface area contributed by atoms with E-state index in [4.69, 9.17) is 16.3 Å². The molecule has 2 aromatic heterocycles. The summed E-state index contributed by atoms with van der Waals surface area (Å²) >= 11 is 8.78. The average Bonchev–Trinajstić information content (AvgIpc) is 3.47. The molecule has 0 radical (unpaired) electrons. The van der Waals surface area contributed by atoms with Crippen molar-refractivity contribution in [3.8, 4) is 0 Å². The Labute approximate surface area is 208 Å². The number of halogens is 1. The maximum absolute atomic E-state index is 13.5. The minimum absolute atomic E-state index is 0.147. The van der Waals surface area contributed by atoms with E-state index in [2.05, 4.69) is 4.99 Å². The average molecular weight is 507 g/mol. The number of nitrogens with zero attached hydrogens (tertiary/aromatic N) is 2. The summed E-state index contributed by atoms with van der Waals surface area (Å²) in [6.07, 6.45) is 1.82. The number of hydrogen-bond donors (Lipinski definition) is 0. The number of carbonyl (C=O) groups is 1. The first-order valence-electron chi connectivity index (χ1n) is 10.5. The zero-order valence-electron chi connectivity index (χ0n) is 18.1. The zero-order chi connectivity index (χ0) is 23.7. The van der Waals surface area contributed by atoms with Gasteiger partial charge in [0.1, 0.15) is 12.6 Å². The molecule has 0 amide bonds. The van der Waals surface area contributed by atoms with Gasteiger partial charge in [-0.2, -0.15) is 0 Å². The molecule has 0 N–H and O–H groups in total. The van der Waals surface area contributed by atoms with Crippen molar-refractivity contribution in [3.05, 3.63) is 124 Å². The second-order valence-electron chi connectivity index (χ2n) is 7.71. The van der Waals surface area contributed by atoms with Gasteiger partial charge in [-0.15, -0.1) is 11.3 Å². The van der Waals surface area contributed by atoms with Gasteiger partial charge in [-0.1, -0.05) is 71.5 Å². The molecule has 0 unspecified atom stereocenters. The van der Waals surface area contributed by atoms with E-state index in [1.165, 1.54) is 22.7 Å². The van der Waals surface area contributed by atoms with E-state index in [1.807, 2.05) is 66.1 Å². The van der Waals surface area contributed by atoms with Crippen LogP contribution in [0.4, 0.5) is 0 Å². The number of ether oxygens (including phenoxy) is 1.